The molecule has 0 spiro atoms. The predicted octanol–water partition coefficient (Wildman–Crippen LogP) is 4.37. The molecule has 0 aliphatic rings. The van der Waals surface area contributed by atoms with Gasteiger partial charge in [0.25, 0.3) is 5.91 Å². The van der Waals surface area contributed by atoms with Crippen LogP contribution in [0, 0.1) is 0 Å². The molecule has 0 aliphatic carbocycles. The van der Waals surface area contributed by atoms with Crippen LogP contribution in [0.5, 0.6) is 0 Å². The van der Waals surface area contributed by atoms with Crippen LogP contribution in [0.1, 0.15) is 36.3 Å². The molecule has 0 saturated carbocycles. The van der Waals surface area contributed by atoms with Gasteiger partial charge in [-0.05, 0) is 43.7 Å². The third-order valence-electron chi connectivity index (χ3n) is 3.46. The molecule has 24 heavy (non-hydrogen) atoms. The van der Waals surface area contributed by atoms with Gasteiger partial charge < -0.3 is 10.6 Å². The number of halogens is 3. The van der Waals surface area contributed by atoms with Gasteiger partial charge in [-0.3, -0.25) is 9.78 Å². The fourth-order valence-corrected chi connectivity index (χ4v) is 1.97. The molecule has 2 rings (SSSR count). The van der Waals surface area contributed by atoms with Crippen molar-refractivity contribution in [2.24, 2.45) is 0 Å². The molecule has 7 heteroatoms. The number of amides is 1. The number of hydrogen-bond acceptors (Lipinski definition) is 3. The number of nitrogens with one attached hydrogen (secondary N) is 2. The number of rotatable bonds is 5. The second-order valence-corrected chi connectivity index (χ2v) is 5.42. The van der Waals surface area contributed by atoms with E-state index in [0.717, 1.165) is 18.6 Å². The van der Waals surface area contributed by atoms with Gasteiger partial charge in [0.05, 0.1) is 5.56 Å². The zero-order valence-corrected chi connectivity index (χ0v) is 13.3. The van der Waals surface area contributed by atoms with E-state index in [1.807, 2.05) is 13.8 Å². The summed E-state index contributed by atoms with van der Waals surface area (Å²) >= 11 is 0. The summed E-state index contributed by atoms with van der Waals surface area (Å²) < 4.78 is 38.2. The first-order chi connectivity index (χ1) is 11.3. The fraction of sp³-hybridized carbons (Fsp3) is 0.294. The summed E-state index contributed by atoms with van der Waals surface area (Å²) in [7, 11) is 0. The second-order valence-electron chi connectivity index (χ2n) is 5.42. The van der Waals surface area contributed by atoms with E-state index in [1.54, 1.807) is 6.07 Å². The Morgan fingerprint density at radius 1 is 1.21 bits per heavy atom. The minimum atomic E-state index is -4.41. The molecule has 1 aromatic heterocycles. The molecule has 0 saturated heterocycles. The van der Waals surface area contributed by atoms with E-state index in [4.69, 9.17) is 0 Å². The lowest BCUT2D eigenvalue weighted by molar-refractivity contribution is -0.137. The topological polar surface area (TPSA) is 54.0 Å². The first kappa shape index (κ1) is 17.8. The third kappa shape index (κ3) is 4.71. The van der Waals surface area contributed by atoms with Crippen molar-refractivity contribution in [2.45, 2.75) is 32.5 Å². The molecule has 0 bridgehead atoms. The summed E-state index contributed by atoms with van der Waals surface area (Å²) in [5, 5.41) is 5.65. The summed E-state index contributed by atoms with van der Waals surface area (Å²) in [6.45, 7) is 3.83. The Morgan fingerprint density at radius 3 is 2.58 bits per heavy atom. The highest BCUT2D eigenvalue weighted by Gasteiger charge is 2.30. The van der Waals surface area contributed by atoms with Crippen molar-refractivity contribution < 1.29 is 18.0 Å². The highest BCUT2D eigenvalue weighted by Crippen LogP contribution is 2.31. The highest BCUT2D eigenvalue weighted by atomic mass is 19.4. The van der Waals surface area contributed by atoms with E-state index in [-0.39, 0.29) is 23.3 Å². The van der Waals surface area contributed by atoms with Gasteiger partial charge in [-0.25, -0.2) is 0 Å². The van der Waals surface area contributed by atoms with Crippen LogP contribution in [-0.2, 0) is 6.18 Å². The van der Waals surface area contributed by atoms with Crippen LogP contribution in [0.2, 0.25) is 0 Å². The van der Waals surface area contributed by atoms with Crippen molar-refractivity contribution >= 4 is 17.3 Å². The molecule has 4 nitrogen and oxygen atoms in total. The zero-order valence-electron chi connectivity index (χ0n) is 13.3. The molecule has 0 radical (unpaired) electrons. The summed E-state index contributed by atoms with van der Waals surface area (Å²) in [6, 6.07) is 7.96. The normalized spacial score (nSPS) is 12.5. The number of aromatic nitrogens is 1. The van der Waals surface area contributed by atoms with Crippen molar-refractivity contribution in [3.8, 4) is 0 Å². The van der Waals surface area contributed by atoms with Crippen molar-refractivity contribution in [3.63, 3.8) is 0 Å². The average Bonchev–Trinajstić information content (AvgIpc) is 2.54. The van der Waals surface area contributed by atoms with Crippen LogP contribution in [0.3, 0.4) is 0 Å². The first-order valence-electron chi connectivity index (χ1n) is 7.50. The van der Waals surface area contributed by atoms with Crippen LogP contribution in [-0.4, -0.2) is 16.9 Å². The largest absolute Gasteiger partial charge is 0.416 e. The monoisotopic (exact) mass is 337 g/mol. The number of anilines is 2. The van der Waals surface area contributed by atoms with Gasteiger partial charge in [-0.2, -0.15) is 13.2 Å². The van der Waals surface area contributed by atoms with Gasteiger partial charge in [-0.1, -0.05) is 13.0 Å². The maximum absolute atomic E-state index is 12.7. The number of carbonyl (C=O) groups is 1. The maximum Gasteiger partial charge on any atom is 0.416 e. The predicted molar refractivity (Wildman–Crippen MR) is 86.2 cm³/mol. The van der Waals surface area contributed by atoms with Crippen LogP contribution >= 0.6 is 0 Å². The molecule has 1 aromatic carbocycles. The summed E-state index contributed by atoms with van der Waals surface area (Å²) in [5.74, 6) is -0.322. The van der Waals surface area contributed by atoms with Crippen molar-refractivity contribution in [3.05, 3.63) is 53.9 Å². The van der Waals surface area contributed by atoms with Gasteiger partial charge >= 0.3 is 6.18 Å². The molecule has 0 fully saturated rings. The zero-order chi connectivity index (χ0) is 17.7. The van der Waals surface area contributed by atoms with Crippen molar-refractivity contribution in [1.82, 2.24) is 10.3 Å². The Kier molecular flexibility index (Phi) is 5.43. The molecule has 2 N–H and O–H groups in total. The number of benzene rings is 1. The van der Waals surface area contributed by atoms with Gasteiger partial charge in [0.2, 0.25) is 0 Å². The number of carbonyl (C=O) groups excluding carboxylic acids is 1. The Balaban J connectivity index is 2.17. The summed E-state index contributed by atoms with van der Waals surface area (Å²) in [4.78, 5) is 16.0. The van der Waals surface area contributed by atoms with Crippen molar-refractivity contribution in [1.29, 1.82) is 0 Å². The lowest BCUT2D eigenvalue weighted by Crippen LogP contribution is -2.32. The minimum Gasteiger partial charge on any atom is -0.355 e. The molecule has 0 aliphatic heterocycles. The SMILES string of the molecule is CCC(C)NC(=O)c1cc(Nc2cccc(C(F)(F)F)c2)ccn1. The van der Waals surface area contributed by atoms with E-state index in [2.05, 4.69) is 15.6 Å². The molecule has 1 unspecified atom stereocenters. The summed E-state index contributed by atoms with van der Waals surface area (Å²) in [5.41, 5.74) is 0.228. The second kappa shape index (κ2) is 7.33. The molecule has 1 atom stereocenters. The van der Waals surface area contributed by atoms with Gasteiger partial charge in [0, 0.05) is 23.6 Å². The van der Waals surface area contributed by atoms with E-state index >= 15 is 0 Å². The Morgan fingerprint density at radius 2 is 1.92 bits per heavy atom. The Hall–Kier alpha value is -2.57. The molecular formula is C17H18F3N3O. The van der Waals surface area contributed by atoms with Crippen LogP contribution < -0.4 is 10.6 Å². The van der Waals surface area contributed by atoms with Gasteiger partial charge in [0.15, 0.2) is 0 Å². The number of nitrogens with zero attached hydrogens (tertiary/aromatic N) is 1. The van der Waals surface area contributed by atoms with E-state index in [0.29, 0.717) is 5.69 Å². The van der Waals surface area contributed by atoms with Crippen LogP contribution in [0.15, 0.2) is 42.6 Å². The lowest BCUT2D eigenvalue weighted by atomic mass is 10.2. The van der Waals surface area contributed by atoms with Crippen LogP contribution in [0.4, 0.5) is 24.5 Å². The molecular weight excluding hydrogens is 319 g/mol. The van der Waals surface area contributed by atoms with Crippen LogP contribution in [0.25, 0.3) is 0 Å². The lowest BCUT2D eigenvalue weighted by Gasteiger charge is -2.13. The Bertz CT molecular complexity index is 716. The van der Waals surface area contributed by atoms with Crippen molar-refractivity contribution in [2.75, 3.05) is 5.32 Å². The number of hydrogen-bond donors (Lipinski definition) is 2. The van der Waals surface area contributed by atoms with E-state index in [1.165, 1.54) is 24.4 Å². The minimum absolute atomic E-state index is 0.0133. The Labute approximate surface area is 138 Å². The molecule has 1 heterocycles. The fourth-order valence-electron chi connectivity index (χ4n) is 1.97. The number of alkyl halides is 3. The standard InChI is InChI=1S/C17H18F3N3O/c1-3-11(2)22-16(24)15-10-14(7-8-21-15)23-13-6-4-5-12(9-13)17(18,19)20/h4-11H,3H2,1-2H3,(H,21,23)(H,22,24). The quantitative estimate of drug-likeness (QED) is 0.852. The van der Waals surface area contributed by atoms with E-state index in [9.17, 15) is 18.0 Å². The number of pyridine rings is 1. The van der Waals surface area contributed by atoms with E-state index < -0.39 is 11.7 Å². The average molecular weight is 337 g/mol. The summed E-state index contributed by atoms with van der Waals surface area (Å²) in [6.07, 6.45) is -2.19. The third-order valence-corrected chi connectivity index (χ3v) is 3.46. The molecule has 2 aromatic rings. The first-order valence-corrected chi connectivity index (χ1v) is 7.50. The highest BCUT2D eigenvalue weighted by molar-refractivity contribution is 5.93. The van der Waals surface area contributed by atoms with Gasteiger partial charge in [0.1, 0.15) is 5.69 Å². The molecule has 1 amide bonds. The molecule has 128 valence electrons. The maximum atomic E-state index is 12.7. The smallest absolute Gasteiger partial charge is 0.355 e. The van der Waals surface area contributed by atoms with Gasteiger partial charge in [-0.15, -0.1) is 0 Å².